The largest absolute Gasteiger partial charge is 0.350 e. The van der Waals surface area contributed by atoms with Crippen molar-refractivity contribution in [1.29, 1.82) is 0 Å². The molecule has 16 heavy (non-hydrogen) atoms. The molecule has 0 heterocycles. The van der Waals surface area contributed by atoms with E-state index < -0.39 is 5.82 Å². The van der Waals surface area contributed by atoms with Crippen LogP contribution in [0.4, 0.5) is 10.1 Å². The van der Waals surface area contributed by atoms with E-state index in [2.05, 4.69) is 5.32 Å². The summed E-state index contributed by atoms with van der Waals surface area (Å²) in [5.74, 6) is -0.430. The van der Waals surface area contributed by atoms with Crippen LogP contribution in [0.5, 0.6) is 0 Å². The summed E-state index contributed by atoms with van der Waals surface area (Å²) in [7, 11) is 0. The molecule has 1 aromatic carbocycles. The SMILES string of the molecule is CCN(CC)C(=S)Nc1ccc(F)c(Cl)c1. The van der Waals surface area contributed by atoms with Gasteiger partial charge in [-0.1, -0.05) is 11.6 Å². The van der Waals surface area contributed by atoms with Crippen LogP contribution in [0.25, 0.3) is 0 Å². The molecule has 5 heteroatoms. The Balaban J connectivity index is 2.73. The van der Waals surface area contributed by atoms with Gasteiger partial charge in [0.15, 0.2) is 5.11 Å². The molecule has 0 aliphatic heterocycles. The lowest BCUT2D eigenvalue weighted by atomic mass is 10.3. The molecule has 0 unspecified atom stereocenters. The highest BCUT2D eigenvalue weighted by Gasteiger charge is 2.06. The molecule has 0 fully saturated rings. The number of anilines is 1. The lowest BCUT2D eigenvalue weighted by molar-refractivity contribution is 0.473. The Kier molecular flexibility index (Phi) is 4.96. The summed E-state index contributed by atoms with van der Waals surface area (Å²) in [6.07, 6.45) is 0. The highest BCUT2D eigenvalue weighted by atomic mass is 35.5. The van der Waals surface area contributed by atoms with Gasteiger partial charge in [0.2, 0.25) is 0 Å². The zero-order valence-corrected chi connectivity index (χ0v) is 10.8. The summed E-state index contributed by atoms with van der Waals surface area (Å²) in [6.45, 7) is 5.71. The van der Waals surface area contributed by atoms with Gasteiger partial charge in [-0.2, -0.15) is 0 Å². The molecule has 0 amide bonds. The molecule has 1 aromatic rings. The second-order valence-electron chi connectivity index (χ2n) is 3.23. The molecule has 2 nitrogen and oxygen atoms in total. The maximum Gasteiger partial charge on any atom is 0.173 e. The first-order valence-corrected chi connectivity index (χ1v) is 5.88. The fourth-order valence-electron chi connectivity index (χ4n) is 1.29. The molecule has 0 radical (unpaired) electrons. The minimum absolute atomic E-state index is 0.0901. The van der Waals surface area contributed by atoms with E-state index in [1.807, 2.05) is 18.7 Å². The summed E-state index contributed by atoms with van der Waals surface area (Å²) in [5, 5.41) is 3.73. The maximum atomic E-state index is 12.9. The summed E-state index contributed by atoms with van der Waals surface area (Å²) in [6, 6.07) is 4.44. The van der Waals surface area contributed by atoms with Gasteiger partial charge in [0.05, 0.1) is 5.02 Å². The first kappa shape index (κ1) is 13.2. The summed E-state index contributed by atoms with van der Waals surface area (Å²) >= 11 is 10.9. The van der Waals surface area contributed by atoms with E-state index in [9.17, 15) is 4.39 Å². The molecule has 0 atom stereocenters. The third-order valence-corrected chi connectivity index (χ3v) is 2.87. The van der Waals surface area contributed by atoms with Gasteiger partial charge in [-0.25, -0.2) is 4.39 Å². The normalized spacial score (nSPS) is 10.0. The van der Waals surface area contributed by atoms with Crippen molar-refractivity contribution < 1.29 is 4.39 Å². The predicted octanol–water partition coefficient (Wildman–Crippen LogP) is 3.52. The van der Waals surface area contributed by atoms with Gasteiger partial charge in [-0.3, -0.25) is 0 Å². The van der Waals surface area contributed by atoms with Crippen molar-refractivity contribution in [1.82, 2.24) is 4.90 Å². The van der Waals surface area contributed by atoms with E-state index >= 15 is 0 Å². The van der Waals surface area contributed by atoms with E-state index in [4.69, 9.17) is 23.8 Å². The second-order valence-corrected chi connectivity index (χ2v) is 4.03. The number of halogens is 2. The molecule has 88 valence electrons. The van der Waals surface area contributed by atoms with E-state index in [1.165, 1.54) is 12.1 Å². The summed E-state index contributed by atoms with van der Waals surface area (Å²) in [5.41, 5.74) is 0.698. The van der Waals surface area contributed by atoms with Crippen LogP contribution in [0.1, 0.15) is 13.8 Å². The fraction of sp³-hybridized carbons (Fsp3) is 0.364. The average Bonchev–Trinajstić information content (AvgIpc) is 2.25. The van der Waals surface area contributed by atoms with Gasteiger partial charge < -0.3 is 10.2 Å². The highest BCUT2D eigenvalue weighted by Crippen LogP contribution is 2.19. The quantitative estimate of drug-likeness (QED) is 0.838. The van der Waals surface area contributed by atoms with Crippen LogP contribution in [0, 0.1) is 5.82 Å². The van der Waals surface area contributed by atoms with Crippen molar-refractivity contribution in [2.75, 3.05) is 18.4 Å². The van der Waals surface area contributed by atoms with Crippen LogP contribution in [0.2, 0.25) is 5.02 Å². The number of nitrogens with zero attached hydrogens (tertiary/aromatic N) is 1. The number of hydrogen-bond donors (Lipinski definition) is 1. The molecule has 0 spiro atoms. The molecule has 0 aliphatic carbocycles. The van der Waals surface area contributed by atoms with E-state index in [-0.39, 0.29) is 5.02 Å². The highest BCUT2D eigenvalue weighted by molar-refractivity contribution is 7.80. The smallest absolute Gasteiger partial charge is 0.173 e. The number of nitrogens with one attached hydrogen (secondary N) is 1. The van der Waals surface area contributed by atoms with Gasteiger partial charge >= 0.3 is 0 Å². The van der Waals surface area contributed by atoms with Gasteiger partial charge in [0.25, 0.3) is 0 Å². The fourth-order valence-corrected chi connectivity index (χ4v) is 1.84. The zero-order chi connectivity index (χ0) is 12.1. The Morgan fingerprint density at radius 1 is 1.44 bits per heavy atom. The first-order chi connectivity index (χ1) is 7.58. The number of benzene rings is 1. The van der Waals surface area contributed by atoms with E-state index in [0.717, 1.165) is 13.1 Å². The molecule has 0 aromatic heterocycles. The van der Waals surface area contributed by atoms with E-state index in [0.29, 0.717) is 10.8 Å². The van der Waals surface area contributed by atoms with Crippen LogP contribution < -0.4 is 5.32 Å². The van der Waals surface area contributed by atoms with Crippen molar-refractivity contribution in [3.05, 3.63) is 29.0 Å². The second kappa shape index (κ2) is 6.01. The molecule has 1 N–H and O–H groups in total. The minimum Gasteiger partial charge on any atom is -0.350 e. The van der Waals surface area contributed by atoms with Crippen LogP contribution in [-0.2, 0) is 0 Å². The minimum atomic E-state index is -0.430. The number of rotatable bonds is 3. The Morgan fingerprint density at radius 2 is 2.06 bits per heavy atom. The van der Waals surface area contributed by atoms with Crippen LogP contribution in [0.15, 0.2) is 18.2 Å². The van der Waals surface area contributed by atoms with Crippen molar-refractivity contribution >= 4 is 34.6 Å². The third-order valence-electron chi connectivity index (χ3n) is 2.22. The van der Waals surface area contributed by atoms with E-state index in [1.54, 1.807) is 6.07 Å². The van der Waals surface area contributed by atoms with Crippen molar-refractivity contribution in [2.45, 2.75) is 13.8 Å². The topological polar surface area (TPSA) is 15.3 Å². The lowest BCUT2D eigenvalue weighted by Crippen LogP contribution is -2.34. The number of thiocarbonyl (C=S) groups is 1. The summed E-state index contributed by atoms with van der Waals surface area (Å²) < 4.78 is 12.9. The average molecular weight is 261 g/mol. The van der Waals surface area contributed by atoms with Crippen LogP contribution in [-0.4, -0.2) is 23.1 Å². The molecule has 0 aliphatic rings. The Hall–Kier alpha value is -0.870. The Labute approximate surface area is 105 Å². The number of hydrogen-bond acceptors (Lipinski definition) is 1. The lowest BCUT2D eigenvalue weighted by Gasteiger charge is -2.22. The standard InChI is InChI=1S/C11H14ClFN2S/c1-3-15(4-2)11(16)14-8-5-6-10(13)9(12)7-8/h5-7H,3-4H2,1-2H3,(H,14,16). The first-order valence-electron chi connectivity index (χ1n) is 5.09. The van der Waals surface area contributed by atoms with Crippen LogP contribution >= 0.6 is 23.8 Å². The predicted molar refractivity (Wildman–Crippen MR) is 70.6 cm³/mol. The van der Waals surface area contributed by atoms with Gasteiger partial charge in [0, 0.05) is 18.8 Å². The zero-order valence-electron chi connectivity index (χ0n) is 9.26. The molecular formula is C11H14ClFN2S. The van der Waals surface area contributed by atoms with Crippen LogP contribution in [0.3, 0.4) is 0 Å². The van der Waals surface area contributed by atoms with Crippen molar-refractivity contribution in [2.24, 2.45) is 0 Å². The molecular weight excluding hydrogens is 247 g/mol. The Morgan fingerprint density at radius 3 is 2.56 bits per heavy atom. The van der Waals surface area contributed by atoms with Crippen molar-refractivity contribution in [3.63, 3.8) is 0 Å². The molecule has 0 bridgehead atoms. The van der Waals surface area contributed by atoms with Gasteiger partial charge in [-0.05, 0) is 44.3 Å². The molecule has 0 saturated carbocycles. The molecule has 1 rings (SSSR count). The summed E-state index contributed by atoms with van der Waals surface area (Å²) in [4.78, 5) is 1.99. The Bertz CT molecular complexity index is 380. The van der Waals surface area contributed by atoms with Gasteiger partial charge in [0.1, 0.15) is 5.82 Å². The third kappa shape index (κ3) is 3.32. The van der Waals surface area contributed by atoms with Crippen molar-refractivity contribution in [3.8, 4) is 0 Å². The maximum absolute atomic E-state index is 12.9. The van der Waals surface area contributed by atoms with Gasteiger partial charge in [-0.15, -0.1) is 0 Å². The molecule has 0 saturated heterocycles. The monoisotopic (exact) mass is 260 g/mol.